The smallest absolute Gasteiger partial charge is 0.00344 e. The third kappa shape index (κ3) is 2.98. The highest BCUT2D eigenvalue weighted by Gasteiger charge is 1.93. The molecule has 0 atom stereocenters. The van der Waals surface area contributed by atoms with Crippen LogP contribution in [0.3, 0.4) is 0 Å². The summed E-state index contributed by atoms with van der Waals surface area (Å²) < 4.78 is 0. The van der Waals surface area contributed by atoms with Gasteiger partial charge in [-0.2, -0.15) is 0 Å². The molecule has 0 aliphatic heterocycles. The molecule has 0 amide bonds. The molecule has 0 spiro atoms. The van der Waals surface area contributed by atoms with Crippen LogP contribution in [0, 0.1) is 0 Å². The van der Waals surface area contributed by atoms with Crippen molar-refractivity contribution in [2.45, 2.75) is 26.2 Å². The van der Waals surface area contributed by atoms with E-state index in [1.165, 1.54) is 24.0 Å². The molecule has 0 fully saturated rings. The van der Waals surface area contributed by atoms with Crippen molar-refractivity contribution in [3.63, 3.8) is 0 Å². The number of hydrogen-bond acceptors (Lipinski definition) is 0. The number of alkyl halides is 1. The maximum absolute atomic E-state index is 3.44. The van der Waals surface area contributed by atoms with Crippen LogP contribution in [-0.4, -0.2) is 5.33 Å². The molecule has 0 bridgehead atoms. The first kappa shape index (κ1) is 9.79. The van der Waals surface area contributed by atoms with Gasteiger partial charge in [0.15, 0.2) is 0 Å². The normalized spacial score (nSPS) is 10.2. The van der Waals surface area contributed by atoms with Crippen LogP contribution in [0.5, 0.6) is 0 Å². The Morgan fingerprint density at radius 3 is 2.67 bits per heavy atom. The quantitative estimate of drug-likeness (QED) is 0.689. The van der Waals surface area contributed by atoms with Crippen molar-refractivity contribution in [3.8, 4) is 0 Å². The Morgan fingerprint density at radius 1 is 1.25 bits per heavy atom. The van der Waals surface area contributed by atoms with Crippen LogP contribution >= 0.6 is 15.9 Å². The summed E-state index contributed by atoms with van der Waals surface area (Å²) >= 11 is 3.44. The van der Waals surface area contributed by atoms with E-state index >= 15 is 0 Å². The van der Waals surface area contributed by atoms with Gasteiger partial charge in [-0.1, -0.05) is 47.1 Å². The van der Waals surface area contributed by atoms with Gasteiger partial charge in [-0.15, -0.1) is 0 Å². The summed E-state index contributed by atoms with van der Waals surface area (Å²) in [6, 6.07) is 8.87. The predicted octanol–water partition coefficient (Wildman–Crippen LogP) is 3.58. The molecule has 0 saturated heterocycles. The topological polar surface area (TPSA) is 0 Å². The Labute approximate surface area is 83.1 Å². The summed E-state index contributed by atoms with van der Waals surface area (Å²) in [5.41, 5.74) is 2.91. The van der Waals surface area contributed by atoms with Crippen molar-refractivity contribution in [2.75, 3.05) is 5.33 Å². The number of rotatable bonds is 4. The molecule has 0 radical (unpaired) electrons. The van der Waals surface area contributed by atoms with Gasteiger partial charge in [0.25, 0.3) is 0 Å². The van der Waals surface area contributed by atoms with Crippen molar-refractivity contribution in [2.24, 2.45) is 0 Å². The fraction of sp³-hybridized carbons (Fsp3) is 0.455. The lowest BCUT2D eigenvalue weighted by molar-refractivity contribution is 0.934. The standard InChI is InChI=1S/C11H15Br/c1-2-10-5-3-6-11(9-10)7-4-8-12/h3,5-6,9H,2,4,7-8H2,1H3. The maximum atomic E-state index is 3.44. The largest absolute Gasteiger partial charge is 0.0928 e. The first-order valence-corrected chi connectivity index (χ1v) is 5.62. The number of benzene rings is 1. The second-order valence-corrected chi connectivity index (χ2v) is 3.76. The van der Waals surface area contributed by atoms with Gasteiger partial charge in [0.05, 0.1) is 0 Å². The molecule has 0 aromatic heterocycles. The lowest BCUT2D eigenvalue weighted by Crippen LogP contribution is -1.88. The van der Waals surface area contributed by atoms with Crippen LogP contribution in [0.4, 0.5) is 0 Å². The molecule has 1 aromatic rings. The lowest BCUT2D eigenvalue weighted by atomic mass is 10.1. The average molecular weight is 227 g/mol. The first-order chi connectivity index (χ1) is 5.86. The molecule has 1 heteroatoms. The van der Waals surface area contributed by atoms with Crippen LogP contribution < -0.4 is 0 Å². The summed E-state index contributed by atoms with van der Waals surface area (Å²) in [7, 11) is 0. The Morgan fingerprint density at radius 2 is 2.00 bits per heavy atom. The highest BCUT2D eigenvalue weighted by atomic mass is 79.9. The zero-order valence-electron chi connectivity index (χ0n) is 7.52. The van der Waals surface area contributed by atoms with Gasteiger partial charge in [-0.3, -0.25) is 0 Å². The third-order valence-electron chi connectivity index (χ3n) is 2.00. The molecule has 0 unspecified atom stereocenters. The van der Waals surface area contributed by atoms with E-state index in [1.807, 2.05) is 0 Å². The van der Waals surface area contributed by atoms with Crippen LogP contribution in [-0.2, 0) is 12.8 Å². The SMILES string of the molecule is CCc1cccc(CCCBr)c1. The molecule has 12 heavy (non-hydrogen) atoms. The van der Waals surface area contributed by atoms with E-state index in [9.17, 15) is 0 Å². The van der Waals surface area contributed by atoms with Crippen molar-refractivity contribution < 1.29 is 0 Å². The minimum Gasteiger partial charge on any atom is -0.0928 e. The number of hydrogen-bond donors (Lipinski definition) is 0. The fourth-order valence-corrected chi connectivity index (χ4v) is 1.56. The molecular weight excluding hydrogens is 212 g/mol. The molecule has 0 nitrogen and oxygen atoms in total. The van der Waals surface area contributed by atoms with Gasteiger partial charge in [0, 0.05) is 5.33 Å². The average Bonchev–Trinajstić information content (AvgIpc) is 2.15. The molecule has 0 saturated carbocycles. The van der Waals surface area contributed by atoms with E-state index in [0.717, 1.165) is 11.8 Å². The van der Waals surface area contributed by atoms with E-state index in [0.29, 0.717) is 0 Å². The molecule has 0 heterocycles. The molecule has 1 rings (SSSR count). The maximum Gasteiger partial charge on any atom is 0.00344 e. The fourth-order valence-electron chi connectivity index (χ4n) is 1.28. The van der Waals surface area contributed by atoms with Crippen LogP contribution in [0.2, 0.25) is 0 Å². The Hall–Kier alpha value is -0.300. The number of aryl methyl sites for hydroxylation is 2. The van der Waals surface area contributed by atoms with Crippen molar-refractivity contribution >= 4 is 15.9 Å². The molecule has 1 aromatic carbocycles. The van der Waals surface area contributed by atoms with Crippen molar-refractivity contribution in [1.29, 1.82) is 0 Å². The van der Waals surface area contributed by atoms with Crippen molar-refractivity contribution in [1.82, 2.24) is 0 Å². The molecule has 66 valence electrons. The lowest BCUT2D eigenvalue weighted by Gasteiger charge is -2.01. The summed E-state index contributed by atoms with van der Waals surface area (Å²) in [6.45, 7) is 2.20. The van der Waals surface area contributed by atoms with Gasteiger partial charge in [0.2, 0.25) is 0 Å². The number of halogens is 1. The monoisotopic (exact) mass is 226 g/mol. The van der Waals surface area contributed by atoms with Crippen LogP contribution in [0.15, 0.2) is 24.3 Å². The summed E-state index contributed by atoms with van der Waals surface area (Å²) in [5, 5.41) is 1.10. The van der Waals surface area contributed by atoms with Gasteiger partial charge in [0.1, 0.15) is 0 Å². The second-order valence-electron chi connectivity index (χ2n) is 2.97. The second kappa shape index (κ2) is 5.36. The van der Waals surface area contributed by atoms with Crippen LogP contribution in [0.25, 0.3) is 0 Å². The van der Waals surface area contributed by atoms with Gasteiger partial charge in [-0.25, -0.2) is 0 Å². The van der Waals surface area contributed by atoms with E-state index in [-0.39, 0.29) is 0 Å². The zero-order valence-corrected chi connectivity index (χ0v) is 9.10. The minimum absolute atomic E-state index is 1.10. The summed E-state index contributed by atoms with van der Waals surface area (Å²) in [5.74, 6) is 0. The van der Waals surface area contributed by atoms with Crippen molar-refractivity contribution in [3.05, 3.63) is 35.4 Å². The predicted molar refractivity (Wildman–Crippen MR) is 57.9 cm³/mol. The van der Waals surface area contributed by atoms with E-state index < -0.39 is 0 Å². The molecule has 0 aliphatic rings. The van der Waals surface area contributed by atoms with E-state index in [4.69, 9.17) is 0 Å². The minimum atomic E-state index is 1.10. The highest BCUT2D eigenvalue weighted by molar-refractivity contribution is 9.09. The molecular formula is C11H15Br. The van der Waals surface area contributed by atoms with Crippen LogP contribution in [0.1, 0.15) is 24.5 Å². The molecule has 0 N–H and O–H groups in total. The first-order valence-electron chi connectivity index (χ1n) is 4.50. The summed E-state index contributed by atoms with van der Waals surface area (Å²) in [6.07, 6.45) is 3.56. The zero-order chi connectivity index (χ0) is 8.81. The van der Waals surface area contributed by atoms with Gasteiger partial charge in [-0.05, 0) is 30.4 Å². The Kier molecular flexibility index (Phi) is 4.37. The highest BCUT2D eigenvalue weighted by Crippen LogP contribution is 2.08. The summed E-state index contributed by atoms with van der Waals surface area (Å²) in [4.78, 5) is 0. The third-order valence-corrected chi connectivity index (χ3v) is 2.56. The van der Waals surface area contributed by atoms with Gasteiger partial charge < -0.3 is 0 Å². The van der Waals surface area contributed by atoms with E-state index in [1.54, 1.807) is 0 Å². The van der Waals surface area contributed by atoms with Gasteiger partial charge >= 0.3 is 0 Å². The Bertz CT molecular complexity index is 230. The molecule has 0 aliphatic carbocycles. The van der Waals surface area contributed by atoms with E-state index in [2.05, 4.69) is 47.1 Å². The Balaban J connectivity index is 2.60.